The molecule has 8 nitrogen and oxygen atoms in total. The SMILES string of the molecule is Cc1cc(C)n(C2=[N+](CC(C)C)C3C(=O)N(C)C(=O)N(C)C3=N2)n1. The number of carbonyl (C=O) groups excluding carboxylic acids is 2. The molecule has 0 bridgehead atoms. The summed E-state index contributed by atoms with van der Waals surface area (Å²) >= 11 is 0. The van der Waals surface area contributed by atoms with Crippen LogP contribution in [0.2, 0.25) is 0 Å². The number of likely N-dealkylation sites (N-methyl/N-ethyl adjacent to an activating group) is 2. The lowest BCUT2D eigenvalue weighted by Gasteiger charge is -2.32. The van der Waals surface area contributed by atoms with E-state index in [1.807, 2.05) is 24.5 Å². The highest BCUT2D eigenvalue weighted by Gasteiger charge is 2.52. The molecule has 8 heteroatoms. The van der Waals surface area contributed by atoms with E-state index in [-0.39, 0.29) is 11.9 Å². The van der Waals surface area contributed by atoms with Gasteiger partial charge >= 0.3 is 12.0 Å². The van der Waals surface area contributed by atoms with Crippen LogP contribution < -0.4 is 0 Å². The highest BCUT2D eigenvalue weighted by molar-refractivity contribution is 6.22. The number of hydrogen-bond donors (Lipinski definition) is 0. The first-order chi connectivity index (χ1) is 11.2. The Morgan fingerprint density at radius 3 is 2.42 bits per heavy atom. The quantitative estimate of drug-likeness (QED) is 0.748. The molecule has 1 aromatic rings. The summed E-state index contributed by atoms with van der Waals surface area (Å²) in [7, 11) is 3.15. The average molecular weight is 331 g/mol. The fraction of sp³-hybridized carbons (Fsp3) is 0.562. The van der Waals surface area contributed by atoms with Crippen LogP contribution >= 0.6 is 0 Å². The standard InChI is InChI=1S/C16H23N6O2/c1-9(2)8-21-12-13(19(5)16(24)20(6)14(12)23)17-15(21)22-11(4)7-10(3)18-22/h7,9,12H,8H2,1-6H3/q+1. The summed E-state index contributed by atoms with van der Waals surface area (Å²) in [6.07, 6.45) is 0. The topological polar surface area (TPSA) is 73.8 Å². The lowest BCUT2D eigenvalue weighted by molar-refractivity contribution is -0.543. The van der Waals surface area contributed by atoms with Crippen LogP contribution in [0.4, 0.5) is 4.79 Å². The van der Waals surface area contributed by atoms with Crippen molar-refractivity contribution >= 4 is 23.7 Å². The molecular weight excluding hydrogens is 308 g/mol. The molecule has 0 aromatic carbocycles. The Kier molecular flexibility index (Phi) is 3.77. The summed E-state index contributed by atoms with van der Waals surface area (Å²) in [5, 5.41) is 4.50. The third kappa shape index (κ3) is 2.33. The number of rotatable bonds is 2. The molecule has 1 saturated heterocycles. The van der Waals surface area contributed by atoms with Crippen molar-refractivity contribution in [3.63, 3.8) is 0 Å². The summed E-state index contributed by atoms with van der Waals surface area (Å²) < 4.78 is 3.69. The van der Waals surface area contributed by atoms with Gasteiger partial charge < -0.3 is 0 Å². The summed E-state index contributed by atoms with van der Waals surface area (Å²) in [5.41, 5.74) is 1.82. The molecule has 24 heavy (non-hydrogen) atoms. The monoisotopic (exact) mass is 331 g/mol. The molecule has 0 N–H and O–H groups in total. The molecule has 2 aliphatic rings. The lowest BCUT2D eigenvalue weighted by atomic mass is 10.1. The van der Waals surface area contributed by atoms with E-state index in [0.29, 0.717) is 24.3 Å². The molecule has 3 heterocycles. The summed E-state index contributed by atoms with van der Waals surface area (Å²) in [6.45, 7) is 8.68. The summed E-state index contributed by atoms with van der Waals surface area (Å²) in [6, 6.07) is 1.01. The predicted molar refractivity (Wildman–Crippen MR) is 89.2 cm³/mol. The minimum atomic E-state index is -0.584. The number of imide groups is 1. The van der Waals surface area contributed by atoms with E-state index < -0.39 is 6.04 Å². The second-order valence-corrected chi connectivity index (χ2v) is 6.80. The first-order valence-electron chi connectivity index (χ1n) is 8.03. The fourth-order valence-electron chi connectivity index (χ4n) is 3.17. The van der Waals surface area contributed by atoms with E-state index in [2.05, 4.69) is 23.9 Å². The Hall–Kier alpha value is -2.51. The molecule has 1 aromatic heterocycles. The Morgan fingerprint density at radius 2 is 1.88 bits per heavy atom. The van der Waals surface area contributed by atoms with E-state index in [1.54, 1.807) is 11.7 Å². The van der Waals surface area contributed by atoms with Crippen molar-refractivity contribution in [2.24, 2.45) is 10.9 Å². The molecule has 1 atom stereocenters. The average Bonchev–Trinajstić information content (AvgIpc) is 3.02. The van der Waals surface area contributed by atoms with Crippen molar-refractivity contribution in [1.82, 2.24) is 19.6 Å². The van der Waals surface area contributed by atoms with Gasteiger partial charge in [-0.05, 0) is 25.8 Å². The minimum Gasteiger partial charge on any atom is -0.270 e. The molecule has 0 spiro atoms. The van der Waals surface area contributed by atoms with Crippen LogP contribution in [-0.4, -0.2) is 74.6 Å². The highest BCUT2D eigenvalue weighted by Crippen LogP contribution is 2.21. The van der Waals surface area contributed by atoms with Gasteiger partial charge in [-0.25, -0.2) is 9.37 Å². The third-order valence-electron chi connectivity index (χ3n) is 4.27. The van der Waals surface area contributed by atoms with Gasteiger partial charge in [-0.1, -0.05) is 18.8 Å². The van der Waals surface area contributed by atoms with Gasteiger partial charge in [0, 0.05) is 14.1 Å². The van der Waals surface area contributed by atoms with Crippen LogP contribution in [0.15, 0.2) is 11.1 Å². The number of aromatic nitrogens is 2. The number of aliphatic imine (C=N–C) groups is 1. The van der Waals surface area contributed by atoms with Crippen LogP contribution in [0.5, 0.6) is 0 Å². The zero-order chi connectivity index (χ0) is 17.8. The number of urea groups is 1. The van der Waals surface area contributed by atoms with Gasteiger partial charge in [-0.3, -0.25) is 14.6 Å². The number of hydrogen-bond acceptors (Lipinski definition) is 4. The molecule has 3 amide bonds. The van der Waals surface area contributed by atoms with Gasteiger partial charge in [-0.15, -0.1) is 9.78 Å². The zero-order valence-electron chi connectivity index (χ0n) is 14.9. The lowest BCUT2D eigenvalue weighted by Crippen LogP contribution is -2.61. The van der Waals surface area contributed by atoms with Gasteiger partial charge in [0.2, 0.25) is 11.9 Å². The second kappa shape index (κ2) is 5.54. The molecule has 1 unspecified atom stereocenters. The largest absolute Gasteiger partial charge is 0.421 e. The fourth-order valence-corrected chi connectivity index (χ4v) is 3.17. The Morgan fingerprint density at radius 1 is 1.21 bits per heavy atom. The minimum absolute atomic E-state index is 0.256. The van der Waals surface area contributed by atoms with Gasteiger partial charge in [0.15, 0.2) is 0 Å². The van der Waals surface area contributed by atoms with Gasteiger partial charge in [0.1, 0.15) is 5.69 Å². The molecular formula is C16H23N6O2+. The smallest absolute Gasteiger partial charge is 0.270 e. The normalized spacial score (nSPS) is 21.1. The van der Waals surface area contributed by atoms with Crippen LogP contribution in [0, 0.1) is 19.8 Å². The predicted octanol–water partition coefficient (Wildman–Crippen LogP) is 0.677. The molecule has 0 radical (unpaired) electrons. The van der Waals surface area contributed by atoms with Crippen LogP contribution in [0.1, 0.15) is 25.2 Å². The number of amidine groups is 1. The molecule has 0 aliphatic carbocycles. The van der Waals surface area contributed by atoms with Crippen LogP contribution in [0.3, 0.4) is 0 Å². The highest BCUT2D eigenvalue weighted by atomic mass is 16.2. The first kappa shape index (κ1) is 16.4. The van der Waals surface area contributed by atoms with Crippen molar-refractivity contribution < 1.29 is 14.2 Å². The maximum Gasteiger partial charge on any atom is 0.421 e. The number of aryl methyl sites for hydroxylation is 2. The number of carbonyl (C=O) groups is 2. The Labute approximate surface area is 141 Å². The van der Waals surface area contributed by atoms with Crippen molar-refractivity contribution in [2.45, 2.75) is 33.7 Å². The van der Waals surface area contributed by atoms with Crippen LogP contribution in [-0.2, 0) is 4.79 Å². The van der Waals surface area contributed by atoms with Gasteiger partial charge in [0.05, 0.1) is 12.2 Å². The first-order valence-corrected chi connectivity index (χ1v) is 8.03. The maximum absolute atomic E-state index is 12.7. The third-order valence-corrected chi connectivity index (χ3v) is 4.27. The number of amides is 3. The van der Waals surface area contributed by atoms with E-state index >= 15 is 0 Å². The van der Waals surface area contributed by atoms with Gasteiger partial charge in [-0.2, -0.15) is 0 Å². The van der Waals surface area contributed by atoms with Crippen molar-refractivity contribution in [1.29, 1.82) is 0 Å². The molecule has 1 fully saturated rings. The van der Waals surface area contributed by atoms with E-state index in [9.17, 15) is 9.59 Å². The van der Waals surface area contributed by atoms with E-state index in [0.717, 1.165) is 16.3 Å². The maximum atomic E-state index is 12.7. The molecule has 128 valence electrons. The second-order valence-electron chi connectivity index (χ2n) is 6.80. The Bertz CT molecular complexity index is 788. The molecule has 0 saturated carbocycles. The van der Waals surface area contributed by atoms with Crippen molar-refractivity contribution in [2.75, 3.05) is 20.6 Å². The van der Waals surface area contributed by atoms with Crippen LogP contribution in [0.25, 0.3) is 0 Å². The van der Waals surface area contributed by atoms with E-state index in [4.69, 9.17) is 0 Å². The number of fused-ring (bicyclic) bond motifs is 1. The molecule has 3 rings (SSSR count). The van der Waals surface area contributed by atoms with E-state index in [1.165, 1.54) is 11.9 Å². The molecule has 2 aliphatic heterocycles. The van der Waals surface area contributed by atoms with Crippen molar-refractivity contribution in [3.8, 4) is 0 Å². The summed E-state index contributed by atoms with van der Waals surface area (Å²) in [5.74, 6) is 1.13. The van der Waals surface area contributed by atoms with Gasteiger partial charge in [0.25, 0.3) is 5.91 Å². The number of nitrogens with zero attached hydrogens (tertiary/aromatic N) is 6. The zero-order valence-corrected chi connectivity index (χ0v) is 14.9. The van der Waals surface area contributed by atoms with Crippen molar-refractivity contribution in [3.05, 3.63) is 17.5 Å². The Balaban J connectivity index is 2.18. The summed E-state index contributed by atoms with van der Waals surface area (Å²) in [4.78, 5) is 32.2.